The molecule has 170 valence electrons. The summed E-state index contributed by atoms with van der Waals surface area (Å²) < 4.78 is 63.4. The van der Waals surface area contributed by atoms with Crippen LogP contribution in [0.15, 0.2) is 29.3 Å². The molecule has 1 aromatic rings. The van der Waals surface area contributed by atoms with Crippen molar-refractivity contribution in [2.24, 2.45) is 4.99 Å². The Morgan fingerprint density at radius 3 is 2.37 bits per heavy atom. The first-order valence-electron chi connectivity index (χ1n) is 9.28. The number of halogens is 4. The number of aryl methyl sites for hydroxylation is 1. The number of ether oxygens (including phenoxy) is 2. The highest BCUT2D eigenvalue weighted by atomic mass is 32.1. The summed E-state index contributed by atoms with van der Waals surface area (Å²) in [5, 5.41) is 20.8. The summed E-state index contributed by atoms with van der Waals surface area (Å²) in [4.78, 5) is 5.60. The van der Waals surface area contributed by atoms with E-state index in [0.29, 0.717) is 5.56 Å². The van der Waals surface area contributed by atoms with Crippen LogP contribution in [0.3, 0.4) is 0 Å². The molecule has 2 N–H and O–H groups in total. The lowest BCUT2D eigenvalue weighted by molar-refractivity contribution is -0.284. The quantitative estimate of drug-likeness (QED) is 0.254. The van der Waals surface area contributed by atoms with Gasteiger partial charge in [-0.3, -0.25) is 9.38 Å². The average molecular weight is 454 g/mol. The van der Waals surface area contributed by atoms with Crippen LogP contribution < -0.4 is 0 Å². The fraction of sp³-hybridized carbons (Fsp3) is 0.632. The van der Waals surface area contributed by atoms with Gasteiger partial charge in [0.1, 0.15) is 24.4 Å². The Bertz CT molecular complexity index is 703. The minimum absolute atomic E-state index is 0.220. The number of benzene rings is 1. The minimum atomic E-state index is -4.84. The topological polar surface area (TPSA) is 74.5 Å². The zero-order valence-electron chi connectivity index (χ0n) is 16.6. The van der Waals surface area contributed by atoms with Crippen molar-refractivity contribution in [2.45, 2.75) is 49.7 Å². The number of thiol groups is 1. The summed E-state index contributed by atoms with van der Waals surface area (Å²) in [6.07, 6.45) is -12.3. The van der Waals surface area contributed by atoms with Crippen LogP contribution >= 0.6 is 12.6 Å². The van der Waals surface area contributed by atoms with Gasteiger partial charge in [0.25, 0.3) is 0 Å². The predicted molar refractivity (Wildman–Crippen MR) is 106 cm³/mol. The smallest absolute Gasteiger partial charge is 0.388 e. The first-order chi connectivity index (χ1) is 14.0. The Morgan fingerprint density at radius 1 is 1.23 bits per heavy atom. The van der Waals surface area contributed by atoms with E-state index in [1.165, 1.54) is 4.90 Å². The van der Waals surface area contributed by atoms with Gasteiger partial charge < -0.3 is 24.6 Å². The van der Waals surface area contributed by atoms with Crippen molar-refractivity contribution < 1.29 is 37.2 Å². The van der Waals surface area contributed by atoms with Gasteiger partial charge >= 0.3 is 6.18 Å². The summed E-state index contributed by atoms with van der Waals surface area (Å²) in [5.74, 6) is 0. The van der Waals surface area contributed by atoms with Crippen molar-refractivity contribution in [3.8, 4) is 0 Å². The molecule has 0 spiro atoms. The van der Waals surface area contributed by atoms with Gasteiger partial charge in [-0.05, 0) is 11.1 Å². The average Bonchev–Trinajstić information content (AvgIpc) is 2.67. The van der Waals surface area contributed by atoms with Gasteiger partial charge in [-0.1, -0.05) is 24.3 Å². The highest BCUT2D eigenvalue weighted by Gasteiger charge is 2.53. The molecule has 1 fully saturated rings. The molecule has 0 radical (unpaired) electrons. The van der Waals surface area contributed by atoms with Crippen molar-refractivity contribution in [1.82, 2.24) is 4.90 Å². The Labute approximate surface area is 177 Å². The summed E-state index contributed by atoms with van der Waals surface area (Å²) in [7, 11) is 3.30. The molecule has 1 aromatic carbocycles. The predicted octanol–water partition coefficient (Wildman–Crippen LogP) is 1.98. The molecule has 11 heteroatoms. The molecule has 1 saturated heterocycles. The van der Waals surface area contributed by atoms with Crippen molar-refractivity contribution in [3.63, 3.8) is 0 Å². The van der Waals surface area contributed by atoms with Gasteiger partial charge in [-0.2, -0.15) is 13.2 Å². The van der Waals surface area contributed by atoms with Gasteiger partial charge in [0.05, 0.1) is 19.9 Å². The molecule has 0 unspecified atom stereocenters. The zero-order valence-corrected chi connectivity index (χ0v) is 17.5. The molecule has 1 aliphatic heterocycles. The minimum Gasteiger partial charge on any atom is -0.388 e. The van der Waals surface area contributed by atoms with Crippen LogP contribution in [0.25, 0.3) is 0 Å². The first-order valence-corrected chi connectivity index (χ1v) is 9.73. The molecular formula is C19H26F4N2O4S. The molecule has 6 nitrogen and oxygen atoms in total. The molecule has 5 atom stereocenters. The summed E-state index contributed by atoms with van der Waals surface area (Å²) in [6, 6.07) is 5.35. The van der Waals surface area contributed by atoms with E-state index >= 15 is 0 Å². The van der Waals surface area contributed by atoms with Crippen LogP contribution in [0.4, 0.5) is 17.6 Å². The summed E-state index contributed by atoms with van der Waals surface area (Å²) in [6.45, 7) is -1.26. The number of alkyl halides is 4. The van der Waals surface area contributed by atoms with Gasteiger partial charge in [0, 0.05) is 20.5 Å². The molecule has 2 rings (SSSR count). The third-order valence-corrected chi connectivity index (χ3v) is 5.19. The molecule has 1 aliphatic rings. The third kappa shape index (κ3) is 6.55. The molecule has 0 bridgehead atoms. The molecule has 0 saturated carbocycles. The van der Waals surface area contributed by atoms with E-state index in [0.717, 1.165) is 5.56 Å². The van der Waals surface area contributed by atoms with Crippen LogP contribution in [0, 0.1) is 0 Å². The van der Waals surface area contributed by atoms with Gasteiger partial charge in [-0.15, -0.1) is 12.6 Å². The molecule has 1 heterocycles. The molecule has 30 heavy (non-hydrogen) atoms. The second kappa shape index (κ2) is 10.8. The fourth-order valence-corrected chi connectivity index (χ4v) is 3.09. The zero-order chi connectivity index (χ0) is 22.5. The Balaban J connectivity index is 2.09. The van der Waals surface area contributed by atoms with E-state index in [1.807, 2.05) is 0 Å². The van der Waals surface area contributed by atoms with Crippen LogP contribution in [0.2, 0.25) is 0 Å². The summed E-state index contributed by atoms with van der Waals surface area (Å²) in [5.41, 5.74) is 1.17. The van der Waals surface area contributed by atoms with Crippen molar-refractivity contribution >= 4 is 17.8 Å². The van der Waals surface area contributed by atoms with Crippen LogP contribution in [-0.4, -0.2) is 84.3 Å². The number of aliphatic hydroxyl groups is 2. The van der Waals surface area contributed by atoms with Gasteiger partial charge in [0.15, 0.2) is 11.3 Å². The maximum Gasteiger partial charge on any atom is 0.417 e. The van der Waals surface area contributed by atoms with Crippen molar-refractivity contribution in [1.29, 1.82) is 0 Å². The second-order valence-corrected chi connectivity index (χ2v) is 7.60. The summed E-state index contributed by atoms with van der Waals surface area (Å²) >= 11 is 4.11. The number of aliphatic hydroxyl groups excluding tert-OH is 2. The van der Waals surface area contributed by atoms with E-state index in [2.05, 4.69) is 17.6 Å². The van der Waals surface area contributed by atoms with E-state index < -0.39 is 49.9 Å². The van der Waals surface area contributed by atoms with E-state index in [4.69, 9.17) is 9.47 Å². The highest BCUT2D eigenvalue weighted by molar-refractivity contribution is 7.96. The van der Waals surface area contributed by atoms with Gasteiger partial charge in [-0.25, -0.2) is 0 Å². The lowest BCUT2D eigenvalue weighted by atomic mass is 9.94. The van der Waals surface area contributed by atoms with E-state index in [9.17, 15) is 27.8 Å². The van der Waals surface area contributed by atoms with Crippen LogP contribution in [0.1, 0.15) is 11.1 Å². The largest absolute Gasteiger partial charge is 0.417 e. The lowest BCUT2D eigenvalue weighted by Gasteiger charge is -2.40. The Hall–Kier alpha value is -1.40. The van der Waals surface area contributed by atoms with Crippen molar-refractivity contribution in [2.75, 3.05) is 27.4 Å². The number of rotatable bonds is 7. The molecule has 0 amide bonds. The highest BCUT2D eigenvalue weighted by Crippen LogP contribution is 2.32. The van der Waals surface area contributed by atoms with Crippen molar-refractivity contribution in [3.05, 3.63) is 35.4 Å². The Morgan fingerprint density at radius 2 is 1.83 bits per heavy atom. The maximum atomic E-state index is 13.6. The SMILES string of the molecule is CN(C)/C(S)=N/[C@H]1CO[C@H]([C@@H](OCc2ccc(CCF)cc2)C(F)(F)F)[C@@H](O)[C@@H]1O. The first kappa shape index (κ1) is 24.9. The van der Waals surface area contributed by atoms with Crippen LogP contribution in [-0.2, 0) is 22.5 Å². The maximum absolute atomic E-state index is 13.6. The van der Waals surface area contributed by atoms with E-state index in [1.54, 1.807) is 38.4 Å². The number of amidine groups is 1. The second-order valence-electron chi connectivity index (χ2n) is 7.20. The lowest BCUT2D eigenvalue weighted by Crippen LogP contribution is -2.60. The van der Waals surface area contributed by atoms with E-state index in [-0.39, 0.29) is 18.2 Å². The number of aliphatic imine (C=N–C) groups is 1. The number of hydrogen-bond acceptors (Lipinski definition) is 5. The van der Waals surface area contributed by atoms with Crippen LogP contribution in [0.5, 0.6) is 0 Å². The third-order valence-electron chi connectivity index (χ3n) is 4.68. The number of hydrogen-bond donors (Lipinski definition) is 3. The molecule has 0 aliphatic carbocycles. The molecular weight excluding hydrogens is 428 g/mol. The van der Waals surface area contributed by atoms with Gasteiger partial charge in [0.2, 0.25) is 0 Å². The monoisotopic (exact) mass is 454 g/mol. The molecule has 0 aromatic heterocycles. The fourth-order valence-electron chi connectivity index (χ4n) is 2.95. The normalized spacial score (nSPS) is 26.5. The Kier molecular flexibility index (Phi) is 8.92. The number of nitrogens with zero attached hydrogens (tertiary/aromatic N) is 2. The standard InChI is InChI=1S/C19H26F4N2O4S/c1-25(2)18(30)24-13-10-28-16(15(27)14(13)26)17(19(21,22)23)29-9-12-5-3-11(4-6-12)7-8-20/h3-6,13-17,26-27H,7-10H2,1-2H3,(H,24,30)/t13-,14+,15-,16-,17+/m0/s1.